The van der Waals surface area contributed by atoms with Gasteiger partial charge in [0, 0.05) is 24.7 Å². The molecule has 3 aromatic rings. The van der Waals surface area contributed by atoms with E-state index in [9.17, 15) is 17.6 Å². The van der Waals surface area contributed by atoms with Crippen LogP contribution in [0.4, 0.5) is 4.39 Å². The zero-order valence-corrected chi connectivity index (χ0v) is 17.5. The van der Waals surface area contributed by atoms with Crippen LogP contribution in [0.2, 0.25) is 0 Å². The molecule has 3 rings (SSSR count). The van der Waals surface area contributed by atoms with Gasteiger partial charge in [0.2, 0.25) is 10.0 Å². The highest BCUT2D eigenvalue weighted by atomic mass is 32.2. The summed E-state index contributed by atoms with van der Waals surface area (Å²) in [5, 5.41) is 0. The van der Waals surface area contributed by atoms with Gasteiger partial charge in [-0.3, -0.25) is 4.57 Å². The molecular weight excluding hydrogens is 397 g/mol. The summed E-state index contributed by atoms with van der Waals surface area (Å²) in [6.07, 6.45) is 0. The quantitative estimate of drug-likeness (QED) is 0.634. The van der Waals surface area contributed by atoms with E-state index in [0.717, 1.165) is 5.56 Å². The van der Waals surface area contributed by atoms with Crippen LogP contribution in [-0.4, -0.2) is 38.5 Å². The van der Waals surface area contributed by atoms with Gasteiger partial charge in [-0.25, -0.2) is 22.3 Å². The first-order chi connectivity index (χ1) is 13.6. The fourth-order valence-electron chi connectivity index (χ4n) is 3.23. The monoisotopic (exact) mass is 421 g/mol. The molecule has 0 aliphatic heterocycles. The molecule has 0 spiro atoms. The Balaban J connectivity index is 1.86. The summed E-state index contributed by atoms with van der Waals surface area (Å²) in [5.74, 6) is -0.878. The van der Waals surface area contributed by atoms with Crippen LogP contribution in [0.25, 0.3) is 11.1 Å². The summed E-state index contributed by atoms with van der Waals surface area (Å²) in [6, 6.07) is 9.91. The molecule has 2 aromatic carbocycles. The molecule has 0 bridgehead atoms. The Morgan fingerprint density at radius 3 is 2.38 bits per heavy atom. The Hall–Kier alpha value is -2.49. The number of likely N-dealkylation sites (N-methyl/N-ethyl adjacent to an activating group) is 1. The van der Waals surface area contributed by atoms with E-state index in [1.807, 2.05) is 32.8 Å². The van der Waals surface area contributed by atoms with Crippen molar-refractivity contribution >= 4 is 21.1 Å². The number of oxazole rings is 1. The molecule has 0 saturated heterocycles. The minimum Gasteiger partial charge on any atom is -0.408 e. The Morgan fingerprint density at radius 2 is 1.79 bits per heavy atom. The van der Waals surface area contributed by atoms with E-state index >= 15 is 0 Å². The largest absolute Gasteiger partial charge is 0.420 e. The molecule has 1 N–H and O–H groups in total. The Bertz CT molecular complexity index is 1160. The Kier molecular flexibility index (Phi) is 5.92. The average molecular weight is 421 g/mol. The molecule has 0 radical (unpaired) electrons. The van der Waals surface area contributed by atoms with E-state index in [1.165, 1.54) is 28.8 Å². The number of halogens is 1. The second kappa shape index (κ2) is 8.10. The molecule has 7 nitrogen and oxygen atoms in total. The highest BCUT2D eigenvalue weighted by Crippen LogP contribution is 2.22. The number of benzene rings is 2. The summed E-state index contributed by atoms with van der Waals surface area (Å²) < 4.78 is 48.1. The SMILES string of the molecule is CC(C)n1c(=O)oc2cc(S(=O)(=O)NC[C@H](c3ccc(F)cc3)N(C)C)ccc21. The van der Waals surface area contributed by atoms with Gasteiger partial charge in [0.25, 0.3) is 0 Å². The molecule has 0 unspecified atom stereocenters. The van der Waals surface area contributed by atoms with Crippen LogP contribution in [0.3, 0.4) is 0 Å². The van der Waals surface area contributed by atoms with E-state index < -0.39 is 15.8 Å². The van der Waals surface area contributed by atoms with Crippen molar-refractivity contribution in [2.45, 2.75) is 30.8 Å². The summed E-state index contributed by atoms with van der Waals surface area (Å²) in [6.45, 7) is 3.79. The van der Waals surface area contributed by atoms with Crippen molar-refractivity contribution < 1.29 is 17.2 Å². The first-order valence-corrected chi connectivity index (χ1v) is 10.6. The smallest absolute Gasteiger partial charge is 0.408 e. The maximum Gasteiger partial charge on any atom is 0.420 e. The number of fused-ring (bicyclic) bond motifs is 1. The van der Waals surface area contributed by atoms with Gasteiger partial charge >= 0.3 is 5.76 Å². The minimum absolute atomic E-state index is 0.00580. The maximum absolute atomic E-state index is 13.2. The van der Waals surface area contributed by atoms with Gasteiger partial charge in [-0.2, -0.15) is 0 Å². The van der Waals surface area contributed by atoms with E-state index in [1.54, 1.807) is 18.2 Å². The zero-order chi connectivity index (χ0) is 21.3. The molecule has 9 heteroatoms. The van der Waals surface area contributed by atoms with Crippen molar-refractivity contribution in [2.24, 2.45) is 0 Å². The molecular formula is C20H24FN3O4S. The third-order valence-electron chi connectivity index (χ3n) is 4.76. The van der Waals surface area contributed by atoms with Gasteiger partial charge in [0.15, 0.2) is 5.58 Å². The lowest BCUT2D eigenvalue weighted by Gasteiger charge is -2.25. The lowest BCUT2D eigenvalue weighted by molar-refractivity contribution is 0.299. The molecule has 0 amide bonds. The number of hydrogen-bond acceptors (Lipinski definition) is 5. The molecule has 0 fully saturated rings. The first-order valence-electron chi connectivity index (χ1n) is 9.17. The lowest BCUT2D eigenvalue weighted by Crippen LogP contribution is -2.34. The van der Waals surface area contributed by atoms with Crippen LogP contribution in [-0.2, 0) is 10.0 Å². The van der Waals surface area contributed by atoms with Crippen LogP contribution in [0, 0.1) is 5.82 Å². The maximum atomic E-state index is 13.2. The predicted octanol–water partition coefficient (Wildman–Crippen LogP) is 2.90. The minimum atomic E-state index is -3.84. The number of nitrogens with zero attached hydrogens (tertiary/aromatic N) is 2. The molecule has 29 heavy (non-hydrogen) atoms. The highest BCUT2D eigenvalue weighted by Gasteiger charge is 2.22. The van der Waals surface area contributed by atoms with Gasteiger partial charge in [0.05, 0.1) is 10.4 Å². The second-order valence-corrected chi connectivity index (χ2v) is 9.11. The fraction of sp³-hybridized carbons (Fsp3) is 0.350. The predicted molar refractivity (Wildman–Crippen MR) is 109 cm³/mol. The fourth-order valence-corrected chi connectivity index (χ4v) is 4.28. The van der Waals surface area contributed by atoms with Crippen molar-refractivity contribution in [3.8, 4) is 0 Å². The molecule has 0 saturated carbocycles. The number of hydrogen-bond donors (Lipinski definition) is 1. The molecule has 1 atom stereocenters. The van der Waals surface area contributed by atoms with Crippen molar-refractivity contribution in [1.29, 1.82) is 0 Å². The molecule has 156 valence electrons. The normalized spacial score (nSPS) is 13.5. The van der Waals surface area contributed by atoms with Crippen molar-refractivity contribution in [3.05, 3.63) is 64.4 Å². The van der Waals surface area contributed by atoms with E-state index in [-0.39, 0.29) is 34.9 Å². The number of rotatable bonds is 7. The highest BCUT2D eigenvalue weighted by molar-refractivity contribution is 7.89. The summed E-state index contributed by atoms with van der Waals surface area (Å²) in [5.41, 5.74) is 1.55. The number of aromatic nitrogens is 1. The van der Waals surface area contributed by atoms with Crippen LogP contribution < -0.4 is 10.5 Å². The van der Waals surface area contributed by atoms with Gasteiger partial charge in [0.1, 0.15) is 5.82 Å². The van der Waals surface area contributed by atoms with E-state index in [0.29, 0.717) is 5.52 Å². The van der Waals surface area contributed by atoms with Crippen molar-refractivity contribution in [3.63, 3.8) is 0 Å². The van der Waals surface area contributed by atoms with Crippen molar-refractivity contribution in [1.82, 2.24) is 14.2 Å². The number of nitrogens with one attached hydrogen (secondary N) is 1. The molecule has 0 aliphatic carbocycles. The summed E-state index contributed by atoms with van der Waals surface area (Å²) >= 11 is 0. The standard InChI is InChI=1S/C20H24FN3O4S/c1-13(2)24-17-10-9-16(11-19(17)28-20(24)25)29(26,27)22-12-18(23(3)4)14-5-7-15(21)8-6-14/h5-11,13,18,22H,12H2,1-4H3/t18-/m1/s1. The number of sulfonamides is 1. The third kappa shape index (κ3) is 4.42. The zero-order valence-electron chi connectivity index (χ0n) is 16.7. The van der Waals surface area contributed by atoms with E-state index in [2.05, 4.69) is 4.72 Å². The Morgan fingerprint density at radius 1 is 1.14 bits per heavy atom. The van der Waals surface area contributed by atoms with Gasteiger partial charge in [-0.15, -0.1) is 0 Å². The van der Waals surface area contributed by atoms with Gasteiger partial charge < -0.3 is 9.32 Å². The van der Waals surface area contributed by atoms with Gasteiger partial charge in [-0.05, 0) is 57.8 Å². The van der Waals surface area contributed by atoms with Crippen LogP contribution in [0.15, 0.2) is 56.6 Å². The summed E-state index contributed by atoms with van der Waals surface area (Å²) in [7, 11) is -0.208. The van der Waals surface area contributed by atoms with Crippen LogP contribution >= 0.6 is 0 Å². The topological polar surface area (TPSA) is 84.5 Å². The van der Waals surface area contributed by atoms with Crippen molar-refractivity contribution in [2.75, 3.05) is 20.6 Å². The lowest BCUT2D eigenvalue weighted by atomic mass is 10.1. The molecule has 1 heterocycles. The Labute approximate surface area is 168 Å². The summed E-state index contributed by atoms with van der Waals surface area (Å²) in [4.78, 5) is 13.9. The van der Waals surface area contributed by atoms with Crippen LogP contribution in [0.5, 0.6) is 0 Å². The average Bonchev–Trinajstić information content (AvgIpc) is 2.98. The van der Waals surface area contributed by atoms with Gasteiger partial charge in [-0.1, -0.05) is 12.1 Å². The third-order valence-corrected chi connectivity index (χ3v) is 6.18. The van der Waals surface area contributed by atoms with E-state index in [4.69, 9.17) is 4.42 Å². The van der Waals surface area contributed by atoms with Crippen LogP contribution in [0.1, 0.15) is 31.5 Å². The molecule has 1 aromatic heterocycles. The molecule has 0 aliphatic rings. The second-order valence-electron chi connectivity index (χ2n) is 7.34. The first kappa shape index (κ1) is 21.2.